The van der Waals surface area contributed by atoms with Crippen LogP contribution in [0.3, 0.4) is 0 Å². The number of amides is 2. The first-order valence-corrected chi connectivity index (χ1v) is 8.38. The Morgan fingerprint density at radius 2 is 1.71 bits per heavy atom. The molecule has 2 rings (SSSR count). The third-order valence-electron chi connectivity index (χ3n) is 4.04. The molecule has 2 N–H and O–H groups in total. The van der Waals surface area contributed by atoms with E-state index < -0.39 is 0 Å². The summed E-state index contributed by atoms with van der Waals surface area (Å²) in [6.45, 7) is 9.01. The molecule has 0 unspecified atom stereocenters. The fraction of sp³-hybridized carbons (Fsp3) is 0.529. The van der Waals surface area contributed by atoms with Crippen LogP contribution in [0.25, 0.3) is 0 Å². The molecule has 0 radical (unpaired) electrons. The highest BCUT2D eigenvalue weighted by Gasteiger charge is 2.15. The fourth-order valence-corrected chi connectivity index (χ4v) is 2.61. The molecule has 0 spiro atoms. The number of nitrogens with one attached hydrogen (secondary N) is 2. The Morgan fingerprint density at radius 1 is 1.08 bits per heavy atom. The van der Waals surface area contributed by atoms with Gasteiger partial charge in [-0.25, -0.2) is 0 Å². The van der Waals surface area contributed by atoms with Crippen molar-refractivity contribution >= 4 is 17.5 Å². The van der Waals surface area contributed by atoms with E-state index in [2.05, 4.69) is 29.6 Å². The number of anilines is 1. The minimum atomic E-state index is -0.323. The van der Waals surface area contributed by atoms with Gasteiger partial charge in [-0.1, -0.05) is 0 Å². The third-order valence-corrected chi connectivity index (χ3v) is 4.04. The fourth-order valence-electron chi connectivity index (χ4n) is 2.61. The van der Waals surface area contributed by atoms with Crippen LogP contribution in [-0.4, -0.2) is 62.7 Å². The van der Waals surface area contributed by atoms with Gasteiger partial charge in [0, 0.05) is 37.4 Å². The van der Waals surface area contributed by atoms with E-state index in [4.69, 9.17) is 4.74 Å². The van der Waals surface area contributed by atoms with Gasteiger partial charge in [0.2, 0.25) is 0 Å². The standard InChI is InChI=1S/C17H26N4O3/c1-3-21(4-2)15-7-5-14(6-8-15)17(23)19-18-16(22)13-20-9-11-24-12-10-20/h5-8H,3-4,9-13H2,1-2H3,(H,18,22)(H,19,23). The van der Waals surface area contributed by atoms with Crippen LogP contribution in [0.15, 0.2) is 24.3 Å². The van der Waals surface area contributed by atoms with Crippen LogP contribution < -0.4 is 15.8 Å². The number of carbonyl (C=O) groups excluding carboxylic acids is 2. The molecule has 0 aromatic heterocycles. The van der Waals surface area contributed by atoms with Crippen molar-refractivity contribution < 1.29 is 14.3 Å². The smallest absolute Gasteiger partial charge is 0.269 e. The highest BCUT2D eigenvalue weighted by molar-refractivity contribution is 5.95. The molecule has 2 amide bonds. The molecule has 132 valence electrons. The van der Waals surface area contributed by atoms with Gasteiger partial charge >= 0.3 is 0 Å². The Hall–Kier alpha value is -2.12. The largest absolute Gasteiger partial charge is 0.379 e. The van der Waals surface area contributed by atoms with E-state index in [1.165, 1.54) is 0 Å². The molecule has 1 aliphatic rings. The Balaban J connectivity index is 1.80. The molecular weight excluding hydrogens is 308 g/mol. The second-order valence-electron chi connectivity index (χ2n) is 5.61. The van der Waals surface area contributed by atoms with Crippen LogP contribution in [0.4, 0.5) is 5.69 Å². The third kappa shape index (κ3) is 5.21. The highest BCUT2D eigenvalue weighted by Crippen LogP contribution is 2.14. The van der Waals surface area contributed by atoms with E-state index in [0.717, 1.165) is 31.9 Å². The maximum Gasteiger partial charge on any atom is 0.269 e. The molecule has 7 nitrogen and oxygen atoms in total. The van der Waals surface area contributed by atoms with Crippen molar-refractivity contribution in [2.75, 3.05) is 50.8 Å². The molecule has 0 saturated carbocycles. The van der Waals surface area contributed by atoms with Crippen molar-refractivity contribution in [2.24, 2.45) is 0 Å². The summed E-state index contributed by atoms with van der Waals surface area (Å²) < 4.78 is 5.23. The van der Waals surface area contributed by atoms with E-state index in [1.54, 1.807) is 12.1 Å². The highest BCUT2D eigenvalue weighted by atomic mass is 16.5. The summed E-state index contributed by atoms with van der Waals surface area (Å²) in [5.74, 6) is -0.554. The van der Waals surface area contributed by atoms with Gasteiger partial charge in [0.15, 0.2) is 0 Å². The summed E-state index contributed by atoms with van der Waals surface area (Å²) in [6, 6.07) is 7.35. The minimum absolute atomic E-state index is 0.231. The quantitative estimate of drug-likeness (QED) is 0.747. The number of hydrogen-bond acceptors (Lipinski definition) is 5. The van der Waals surface area contributed by atoms with Gasteiger partial charge in [0.1, 0.15) is 0 Å². The minimum Gasteiger partial charge on any atom is -0.379 e. The molecule has 24 heavy (non-hydrogen) atoms. The number of morpholine rings is 1. The zero-order chi connectivity index (χ0) is 17.4. The summed E-state index contributed by atoms with van der Waals surface area (Å²) >= 11 is 0. The average Bonchev–Trinajstić information content (AvgIpc) is 2.62. The summed E-state index contributed by atoms with van der Waals surface area (Å²) in [7, 11) is 0. The summed E-state index contributed by atoms with van der Waals surface area (Å²) in [5.41, 5.74) is 6.50. The maximum absolute atomic E-state index is 12.1. The van der Waals surface area contributed by atoms with Gasteiger partial charge in [-0.15, -0.1) is 0 Å². The SMILES string of the molecule is CCN(CC)c1ccc(C(=O)NNC(=O)CN2CCOCC2)cc1. The van der Waals surface area contributed by atoms with Crippen molar-refractivity contribution in [1.82, 2.24) is 15.8 Å². The van der Waals surface area contributed by atoms with E-state index in [1.807, 2.05) is 17.0 Å². The second-order valence-corrected chi connectivity index (χ2v) is 5.61. The Kier molecular flexibility index (Phi) is 7.02. The lowest BCUT2D eigenvalue weighted by Crippen LogP contribution is -2.48. The van der Waals surface area contributed by atoms with Crippen molar-refractivity contribution in [1.29, 1.82) is 0 Å². The number of ether oxygens (including phenoxy) is 1. The molecule has 1 aliphatic heterocycles. The van der Waals surface area contributed by atoms with Crippen LogP contribution in [0, 0.1) is 0 Å². The first-order chi connectivity index (χ1) is 11.6. The molecule has 1 fully saturated rings. The maximum atomic E-state index is 12.1. The van der Waals surface area contributed by atoms with Gasteiger partial charge < -0.3 is 9.64 Å². The van der Waals surface area contributed by atoms with E-state index >= 15 is 0 Å². The van der Waals surface area contributed by atoms with Crippen molar-refractivity contribution in [3.05, 3.63) is 29.8 Å². The summed E-state index contributed by atoms with van der Waals surface area (Å²) in [6.07, 6.45) is 0. The van der Waals surface area contributed by atoms with Gasteiger partial charge in [-0.2, -0.15) is 0 Å². The number of hydrogen-bond donors (Lipinski definition) is 2. The number of benzene rings is 1. The summed E-state index contributed by atoms with van der Waals surface area (Å²) in [5, 5.41) is 0. The number of hydrazine groups is 1. The number of nitrogens with zero attached hydrogens (tertiary/aromatic N) is 2. The van der Waals surface area contributed by atoms with Gasteiger partial charge in [0.25, 0.3) is 11.8 Å². The van der Waals surface area contributed by atoms with Crippen LogP contribution in [0.1, 0.15) is 24.2 Å². The molecule has 1 aromatic carbocycles. The molecule has 0 bridgehead atoms. The van der Waals surface area contributed by atoms with Crippen LogP contribution >= 0.6 is 0 Å². The van der Waals surface area contributed by atoms with E-state index in [0.29, 0.717) is 18.8 Å². The van der Waals surface area contributed by atoms with Crippen LogP contribution in [0.5, 0.6) is 0 Å². The predicted octanol–water partition coefficient (Wildman–Crippen LogP) is 0.626. The first-order valence-electron chi connectivity index (χ1n) is 8.38. The van der Waals surface area contributed by atoms with Crippen molar-refractivity contribution in [3.63, 3.8) is 0 Å². The lowest BCUT2D eigenvalue weighted by atomic mass is 10.2. The van der Waals surface area contributed by atoms with Gasteiger partial charge in [-0.3, -0.25) is 25.3 Å². The molecule has 0 aliphatic carbocycles. The lowest BCUT2D eigenvalue weighted by Gasteiger charge is -2.25. The molecule has 1 aromatic rings. The second kappa shape index (κ2) is 9.24. The lowest BCUT2D eigenvalue weighted by molar-refractivity contribution is -0.124. The molecule has 7 heteroatoms. The Morgan fingerprint density at radius 3 is 2.29 bits per heavy atom. The molecule has 1 saturated heterocycles. The molecular formula is C17H26N4O3. The number of rotatable bonds is 6. The van der Waals surface area contributed by atoms with E-state index in [9.17, 15) is 9.59 Å². The van der Waals surface area contributed by atoms with Gasteiger partial charge in [0.05, 0.1) is 19.8 Å². The number of carbonyl (C=O) groups is 2. The molecule has 0 atom stereocenters. The Bertz CT molecular complexity index is 537. The Labute approximate surface area is 142 Å². The predicted molar refractivity (Wildman–Crippen MR) is 92.9 cm³/mol. The summed E-state index contributed by atoms with van der Waals surface area (Å²) in [4.78, 5) is 28.1. The molecule has 1 heterocycles. The van der Waals surface area contributed by atoms with Crippen LogP contribution in [-0.2, 0) is 9.53 Å². The van der Waals surface area contributed by atoms with E-state index in [-0.39, 0.29) is 18.4 Å². The van der Waals surface area contributed by atoms with Gasteiger partial charge in [-0.05, 0) is 38.1 Å². The normalized spacial score (nSPS) is 14.9. The average molecular weight is 334 g/mol. The monoisotopic (exact) mass is 334 g/mol. The van der Waals surface area contributed by atoms with Crippen LogP contribution in [0.2, 0.25) is 0 Å². The van der Waals surface area contributed by atoms with Crippen molar-refractivity contribution in [2.45, 2.75) is 13.8 Å². The van der Waals surface area contributed by atoms with Crippen molar-refractivity contribution in [3.8, 4) is 0 Å². The zero-order valence-electron chi connectivity index (χ0n) is 14.4. The zero-order valence-corrected chi connectivity index (χ0v) is 14.4. The first kappa shape index (κ1) is 18.2. The topological polar surface area (TPSA) is 73.9 Å².